The molecule has 2 heterocycles. The van der Waals surface area contributed by atoms with E-state index in [4.69, 9.17) is 5.73 Å². The van der Waals surface area contributed by atoms with Crippen molar-refractivity contribution in [2.75, 3.05) is 5.73 Å². The lowest BCUT2D eigenvalue weighted by atomic mass is 10.1. The maximum absolute atomic E-state index is 6.01. The molecule has 0 spiro atoms. The van der Waals surface area contributed by atoms with Crippen LogP contribution < -0.4 is 27.1 Å². The molecule has 0 aliphatic carbocycles. The molecule has 2 nitrogen and oxygen atoms in total. The van der Waals surface area contributed by atoms with Gasteiger partial charge in [-0.15, -0.1) is 0 Å². The predicted molar refractivity (Wildman–Crippen MR) is 61.5 cm³/mol. The third-order valence-corrected chi connectivity index (χ3v) is 2.67. The number of para-hydroxylation sites is 1. The minimum atomic E-state index is 0. The van der Waals surface area contributed by atoms with Crippen LogP contribution in [0.5, 0.6) is 0 Å². The van der Waals surface area contributed by atoms with E-state index in [9.17, 15) is 0 Å². The smallest absolute Gasteiger partial charge is 0.220 e. The van der Waals surface area contributed by atoms with Gasteiger partial charge in [0.25, 0.3) is 0 Å². The van der Waals surface area contributed by atoms with Gasteiger partial charge in [-0.05, 0) is 12.1 Å². The Bertz CT molecular complexity index is 650. The van der Waals surface area contributed by atoms with Gasteiger partial charge in [0.2, 0.25) is 11.0 Å². The first-order chi connectivity index (χ1) is 7.36. The van der Waals surface area contributed by atoms with Gasteiger partial charge in [0.1, 0.15) is 0 Å². The fourth-order valence-electron chi connectivity index (χ4n) is 1.96. The third-order valence-electron chi connectivity index (χ3n) is 2.67. The molecule has 3 rings (SSSR count). The van der Waals surface area contributed by atoms with Crippen molar-refractivity contribution in [2.45, 2.75) is 0 Å². The van der Waals surface area contributed by atoms with Crippen molar-refractivity contribution in [3.05, 3.63) is 54.7 Å². The summed E-state index contributed by atoms with van der Waals surface area (Å²) in [5.41, 5.74) is 9.10. The highest BCUT2D eigenvalue weighted by Crippen LogP contribution is 2.18. The molecule has 3 heteroatoms. The Hall–Kier alpha value is -1.61. The first-order valence-corrected chi connectivity index (χ1v) is 4.94. The number of nitrogens with zero attached hydrogens (tertiary/aromatic N) is 1. The Morgan fingerprint density at radius 3 is 2.56 bits per heavy atom. The molecule has 0 atom stereocenters. The Labute approximate surface area is 104 Å². The number of nitrogen functional groups attached to an aromatic ring is 1. The van der Waals surface area contributed by atoms with E-state index in [0.717, 1.165) is 22.1 Å². The molecular weight excluding hydrogens is 264 g/mol. The second kappa shape index (κ2) is 4.10. The number of pyridine rings is 2. The second-order valence-corrected chi connectivity index (χ2v) is 3.61. The number of fused-ring (bicyclic) bond motifs is 3. The Morgan fingerprint density at radius 1 is 0.938 bits per heavy atom. The molecule has 2 aromatic heterocycles. The molecule has 0 aliphatic heterocycles. The summed E-state index contributed by atoms with van der Waals surface area (Å²) >= 11 is 0. The minimum Gasteiger partial charge on any atom is -1.00 e. The number of rotatable bonds is 0. The van der Waals surface area contributed by atoms with Crippen LogP contribution in [-0.2, 0) is 0 Å². The van der Waals surface area contributed by atoms with E-state index in [1.54, 1.807) is 0 Å². The molecular formula is C13H11BrN2. The Kier molecular flexibility index (Phi) is 2.79. The highest BCUT2D eigenvalue weighted by molar-refractivity contribution is 5.89. The van der Waals surface area contributed by atoms with Gasteiger partial charge in [-0.25, -0.2) is 0 Å². The van der Waals surface area contributed by atoms with Gasteiger partial charge in [-0.3, -0.25) is 0 Å². The maximum atomic E-state index is 6.01. The fraction of sp³-hybridized carbons (Fsp3) is 0. The van der Waals surface area contributed by atoms with Gasteiger partial charge in [-0.2, -0.15) is 4.40 Å². The quantitative estimate of drug-likeness (QED) is 0.421. The van der Waals surface area contributed by atoms with Gasteiger partial charge >= 0.3 is 0 Å². The molecule has 0 fully saturated rings. The van der Waals surface area contributed by atoms with Gasteiger partial charge in [-0.1, -0.05) is 12.1 Å². The molecule has 0 saturated carbocycles. The molecule has 80 valence electrons. The van der Waals surface area contributed by atoms with Crippen LogP contribution in [-0.4, -0.2) is 0 Å². The monoisotopic (exact) mass is 274 g/mol. The molecule has 1 aromatic carbocycles. The lowest BCUT2D eigenvalue weighted by Gasteiger charge is -1.99. The van der Waals surface area contributed by atoms with Crippen LogP contribution in [0.15, 0.2) is 54.7 Å². The van der Waals surface area contributed by atoms with Crippen LogP contribution in [0.2, 0.25) is 0 Å². The van der Waals surface area contributed by atoms with Crippen LogP contribution in [0, 0.1) is 0 Å². The van der Waals surface area contributed by atoms with Crippen molar-refractivity contribution < 1.29 is 21.4 Å². The van der Waals surface area contributed by atoms with Gasteiger partial charge in [0, 0.05) is 24.3 Å². The molecule has 0 amide bonds. The number of halogens is 1. The van der Waals surface area contributed by atoms with Crippen molar-refractivity contribution >= 4 is 22.1 Å². The first-order valence-electron chi connectivity index (χ1n) is 4.94. The van der Waals surface area contributed by atoms with E-state index in [1.165, 1.54) is 0 Å². The van der Waals surface area contributed by atoms with Crippen LogP contribution in [0.3, 0.4) is 0 Å². The molecule has 2 N–H and O–H groups in total. The van der Waals surface area contributed by atoms with Crippen molar-refractivity contribution in [2.24, 2.45) is 0 Å². The SMILES string of the molecule is Nc1cc2cccc[n+]2c2ccccc12.[Br-]. The Morgan fingerprint density at radius 2 is 1.69 bits per heavy atom. The van der Waals surface area contributed by atoms with Gasteiger partial charge in [0.05, 0.1) is 11.1 Å². The zero-order valence-corrected chi connectivity index (χ0v) is 10.2. The second-order valence-electron chi connectivity index (χ2n) is 3.61. The number of nitrogens with two attached hydrogens (primary N) is 1. The van der Waals surface area contributed by atoms with Crippen LogP contribution in [0.4, 0.5) is 5.69 Å². The molecule has 0 radical (unpaired) electrons. The van der Waals surface area contributed by atoms with Crippen molar-refractivity contribution in [1.29, 1.82) is 0 Å². The van der Waals surface area contributed by atoms with E-state index in [2.05, 4.69) is 22.7 Å². The number of aromatic nitrogens is 1. The first kappa shape index (κ1) is 10.9. The molecule has 0 aliphatic rings. The summed E-state index contributed by atoms with van der Waals surface area (Å²) in [6.45, 7) is 0. The summed E-state index contributed by atoms with van der Waals surface area (Å²) < 4.78 is 2.14. The zero-order chi connectivity index (χ0) is 10.3. The summed E-state index contributed by atoms with van der Waals surface area (Å²) in [6, 6.07) is 16.3. The number of hydrogen-bond donors (Lipinski definition) is 1. The van der Waals surface area contributed by atoms with E-state index >= 15 is 0 Å². The van der Waals surface area contributed by atoms with Crippen LogP contribution in [0.25, 0.3) is 16.4 Å². The molecule has 0 unspecified atom stereocenters. The van der Waals surface area contributed by atoms with E-state index in [0.29, 0.717) is 0 Å². The molecule has 3 aromatic rings. The average Bonchev–Trinajstić information content (AvgIpc) is 2.30. The summed E-state index contributed by atoms with van der Waals surface area (Å²) in [5.74, 6) is 0. The highest BCUT2D eigenvalue weighted by atomic mass is 79.9. The van der Waals surface area contributed by atoms with Crippen LogP contribution in [0.1, 0.15) is 0 Å². The third kappa shape index (κ3) is 1.53. The van der Waals surface area contributed by atoms with Crippen molar-refractivity contribution in [1.82, 2.24) is 0 Å². The van der Waals surface area contributed by atoms with Crippen LogP contribution >= 0.6 is 0 Å². The van der Waals surface area contributed by atoms with Crippen molar-refractivity contribution in [3.63, 3.8) is 0 Å². The van der Waals surface area contributed by atoms with E-state index in [-0.39, 0.29) is 17.0 Å². The van der Waals surface area contributed by atoms with Crippen molar-refractivity contribution in [3.8, 4) is 0 Å². The Balaban J connectivity index is 0.000000963. The number of anilines is 1. The number of benzene rings is 1. The van der Waals surface area contributed by atoms with Gasteiger partial charge < -0.3 is 22.7 Å². The summed E-state index contributed by atoms with van der Waals surface area (Å²) in [7, 11) is 0. The maximum Gasteiger partial charge on any atom is 0.220 e. The minimum absolute atomic E-state index is 0. The van der Waals surface area contributed by atoms with E-state index in [1.807, 2.05) is 36.4 Å². The topological polar surface area (TPSA) is 30.1 Å². The molecule has 0 saturated heterocycles. The molecule has 16 heavy (non-hydrogen) atoms. The fourth-order valence-corrected chi connectivity index (χ4v) is 1.96. The average molecular weight is 275 g/mol. The summed E-state index contributed by atoms with van der Waals surface area (Å²) in [4.78, 5) is 0. The normalized spacial score (nSPS) is 10.2. The largest absolute Gasteiger partial charge is 1.00 e. The number of hydrogen-bond acceptors (Lipinski definition) is 1. The predicted octanol–water partition coefficient (Wildman–Crippen LogP) is -0.835. The highest BCUT2D eigenvalue weighted by Gasteiger charge is 2.09. The zero-order valence-electron chi connectivity index (χ0n) is 8.60. The van der Waals surface area contributed by atoms with Gasteiger partial charge in [0.15, 0.2) is 6.20 Å². The van der Waals surface area contributed by atoms with E-state index < -0.39 is 0 Å². The lowest BCUT2D eigenvalue weighted by molar-refractivity contribution is -0.481. The summed E-state index contributed by atoms with van der Waals surface area (Å²) in [6.07, 6.45) is 2.05. The lowest BCUT2D eigenvalue weighted by Crippen LogP contribution is -3.00. The molecule has 0 bridgehead atoms. The summed E-state index contributed by atoms with van der Waals surface area (Å²) in [5, 5.41) is 1.10. The standard InChI is InChI=1S/C13H10N2.BrH/c14-12-9-10-5-3-4-8-15(10)13-7-2-1-6-11(12)13;/h1-9,14H;1H.